The van der Waals surface area contributed by atoms with Crippen molar-refractivity contribution in [2.45, 2.75) is 13.8 Å². The van der Waals surface area contributed by atoms with Gasteiger partial charge in [0.15, 0.2) is 0 Å². The Morgan fingerprint density at radius 1 is 1.25 bits per heavy atom. The lowest BCUT2D eigenvalue weighted by Crippen LogP contribution is -2.26. The van der Waals surface area contributed by atoms with Crippen LogP contribution >= 0.6 is 11.3 Å². The van der Waals surface area contributed by atoms with Gasteiger partial charge in [0.2, 0.25) is 0 Å². The quantitative estimate of drug-likeness (QED) is 0.886. The molecule has 0 unspecified atom stereocenters. The second kappa shape index (κ2) is 6.16. The number of rotatable bonds is 4. The molecule has 2 aromatic rings. The van der Waals surface area contributed by atoms with Crippen molar-refractivity contribution < 1.29 is 14.6 Å². The fourth-order valence-electron chi connectivity index (χ4n) is 2.60. The summed E-state index contributed by atoms with van der Waals surface area (Å²) in [6, 6.07) is 5.38. The van der Waals surface area contributed by atoms with Crippen molar-refractivity contribution in [3.8, 4) is 11.5 Å². The zero-order valence-electron chi connectivity index (χ0n) is 14.0. The van der Waals surface area contributed by atoms with E-state index in [0.717, 1.165) is 10.6 Å². The molecule has 3 rings (SSSR count). The first-order valence-corrected chi connectivity index (χ1v) is 8.23. The fraction of sp³-hybridized carbons (Fsp3) is 0.294. The number of aliphatic hydroxyl groups excluding tert-OH is 1. The summed E-state index contributed by atoms with van der Waals surface area (Å²) in [4.78, 5) is 7.26. The number of hydrogen-bond donors (Lipinski definition) is 2. The highest BCUT2D eigenvalue weighted by molar-refractivity contribution is 7.13. The largest absolute Gasteiger partial charge is 0.510 e. The summed E-state index contributed by atoms with van der Waals surface area (Å²) < 4.78 is 10.6. The zero-order valence-corrected chi connectivity index (χ0v) is 14.8. The van der Waals surface area contributed by atoms with Gasteiger partial charge in [-0.2, -0.15) is 0 Å². The van der Waals surface area contributed by atoms with Crippen LogP contribution in [0.3, 0.4) is 0 Å². The van der Waals surface area contributed by atoms with E-state index in [1.807, 2.05) is 19.9 Å². The molecule has 0 spiro atoms. The number of aryl methyl sites for hydroxylation is 2. The summed E-state index contributed by atoms with van der Waals surface area (Å²) in [6.07, 6.45) is 0. The number of ether oxygens (including phenoxy) is 2. The lowest BCUT2D eigenvalue weighted by molar-refractivity contribution is 0.393. The van der Waals surface area contributed by atoms with Crippen molar-refractivity contribution in [2.24, 2.45) is 0 Å². The molecule has 0 atom stereocenters. The maximum Gasteiger partial charge on any atom is 0.146 e. The minimum atomic E-state index is 0.145. The maximum absolute atomic E-state index is 10.4. The highest BCUT2D eigenvalue weighted by atomic mass is 32.1. The molecule has 1 aromatic carbocycles. The molecule has 1 aromatic heterocycles. The van der Waals surface area contributed by atoms with Crippen molar-refractivity contribution in [3.63, 3.8) is 0 Å². The summed E-state index contributed by atoms with van der Waals surface area (Å²) in [6.45, 7) is 4.13. The standard InChI is InChI=1S/C17H19N3O3S/c1-9-10(2)24-17(19-9)15-13(21)8-20(16(15)18)12-6-5-11(22-3)7-14(12)23-4/h5-7,18,21H,8H2,1-4H3. The molecule has 0 aliphatic carbocycles. The van der Waals surface area contributed by atoms with Gasteiger partial charge in [-0.05, 0) is 26.0 Å². The molecule has 0 saturated carbocycles. The van der Waals surface area contributed by atoms with Crippen LogP contribution in [-0.2, 0) is 0 Å². The third-order valence-electron chi connectivity index (χ3n) is 4.02. The minimum absolute atomic E-state index is 0.145. The van der Waals surface area contributed by atoms with Gasteiger partial charge < -0.3 is 19.5 Å². The van der Waals surface area contributed by atoms with Gasteiger partial charge in [0.05, 0.1) is 37.7 Å². The van der Waals surface area contributed by atoms with Crippen LogP contribution in [0.4, 0.5) is 5.69 Å². The normalized spacial score (nSPS) is 14.5. The van der Waals surface area contributed by atoms with Crippen LogP contribution in [0.15, 0.2) is 24.0 Å². The molecule has 126 valence electrons. The van der Waals surface area contributed by atoms with E-state index < -0.39 is 0 Å². The van der Waals surface area contributed by atoms with Gasteiger partial charge in [0.25, 0.3) is 0 Å². The van der Waals surface area contributed by atoms with Gasteiger partial charge in [-0.1, -0.05) is 0 Å². The first-order valence-electron chi connectivity index (χ1n) is 7.41. The number of nitrogens with zero attached hydrogens (tertiary/aromatic N) is 2. The van der Waals surface area contributed by atoms with E-state index in [9.17, 15) is 5.11 Å². The van der Waals surface area contributed by atoms with Gasteiger partial charge in [-0.15, -0.1) is 11.3 Å². The SMILES string of the molecule is COc1ccc(N2CC(O)=C(c3nc(C)c(C)s3)C2=N)c(OC)c1. The predicted molar refractivity (Wildman–Crippen MR) is 95.8 cm³/mol. The average Bonchev–Trinajstić information content (AvgIpc) is 3.05. The van der Waals surface area contributed by atoms with E-state index in [-0.39, 0.29) is 18.1 Å². The lowest BCUT2D eigenvalue weighted by Gasteiger charge is -2.21. The summed E-state index contributed by atoms with van der Waals surface area (Å²) in [5.74, 6) is 1.61. The van der Waals surface area contributed by atoms with E-state index in [1.54, 1.807) is 31.3 Å². The van der Waals surface area contributed by atoms with E-state index in [0.29, 0.717) is 27.8 Å². The highest BCUT2D eigenvalue weighted by Crippen LogP contribution is 2.38. The van der Waals surface area contributed by atoms with Crippen LogP contribution in [0, 0.1) is 19.3 Å². The van der Waals surface area contributed by atoms with Crippen LogP contribution in [0.1, 0.15) is 15.6 Å². The number of methoxy groups -OCH3 is 2. The lowest BCUT2D eigenvalue weighted by atomic mass is 10.2. The number of anilines is 1. The molecule has 0 bridgehead atoms. The minimum Gasteiger partial charge on any atom is -0.510 e. The summed E-state index contributed by atoms with van der Waals surface area (Å²) in [7, 11) is 3.16. The second-order valence-corrected chi connectivity index (χ2v) is 6.66. The number of benzene rings is 1. The third-order valence-corrected chi connectivity index (χ3v) is 5.11. The Balaban J connectivity index is 1.98. The molecule has 1 aliphatic rings. The molecule has 2 heterocycles. The maximum atomic E-state index is 10.4. The molecular formula is C17H19N3O3S. The molecular weight excluding hydrogens is 326 g/mol. The number of aliphatic hydroxyl groups is 1. The molecule has 0 amide bonds. The number of hydrogen-bond acceptors (Lipinski definition) is 6. The molecule has 0 saturated heterocycles. The summed E-state index contributed by atoms with van der Waals surface area (Å²) in [5.41, 5.74) is 2.10. The Morgan fingerprint density at radius 2 is 2.00 bits per heavy atom. The Kier molecular flexibility index (Phi) is 4.19. The Morgan fingerprint density at radius 3 is 2.58 bits per heavy atom. The number of amidine groups is 1. The predicted octanol–water partition coefficient (Wildman–Crippen LogP) is 3.54. The van der Waals surface area contributed by atoms with Crippen molar-refractivity contribution in [1.29, 1.82) is 5.41 Å². The van der Waals surface area contributed by atoms with Gasteiger partial charge in [0, 0.05) is 10.9 Å². The van der Waals surface area contributed by atoms with E-state index in [4.69, 9.17) is 14.9 Å². The van der Waals surface area contributed by atoms with E-state index in [1.165, 1.54) is 11.3 Å². The van der Waals surface area contributed by atoms with Crippen LogP contribution in [0.2, 0.25) is 0 Å². The second-order valence-electron chi connectivity index (χ2n) is 5.45. The van der Waals surface area contributed by atoms with Crippen LogP contribution in [0.25, 0.3) is 5.57 Å². The fourth-order valence-corrected chi connectivity index (χ4v) is 3.58. The van der Waals surface area contributed by atoms with Gasteiger partial charge in [-0.3, -0.25) is 5.41 Å². The molecule has 24 heavy (non-hydrogen) atoms. The average molecular weight is 345 g/mol. The Bertz CT molecular complexity index is 822. The first kappa shape index (κ1) is 16.3. The summed E-state index contributed by atoms with van der Waals surface area (Å²) >= 11 is 1.48. The van der Waals surface area contributed by atoms with Crippen LogP contribution in [-0.4, -0.2) is 36.7 Å². The first-order chi connectivity index (χ1) is 11.5. The van der Waals surface area contributed by atoms with Crippen molar-refractivity contribution in [2.75, 3.05) is 25.7 Å². The number of thiazole rings is 1. The van der Waals surface area contributed by atoms with Gasteiger partial charge in [-0.25, -0.2) is 4.98 Å². The molecule has 7 heteroatoms. The van der Waals surface area contributed by atoms with Gasteiger partial charge in [0.1, 0.15) is 28.1 Å². The third kappa shape index (κ3) is 2.60. The van der Waals surface area contributed by atoms with Crippen molar-refractivity contribution in [3.05, 3.63) is 39.5 Å². The van der Waals surface area contributed by atoms with Crippen molar-refractivity contribution >= 4 is 28.4 Å². The zero-order chi connectivity index (χ0) is 17.4. The molecule has 2 N–H and O–H groups in total. The molecule has 6 nitrogen and oxygen atoms in total. The monoisotopic (exact) mass is 345 g/mol. The van der Waals surface area contributed by atoms with E-state index >= 15 is 0 Å². The highest BCUT2D eigenvalue weighted by Gasteiger charge is 2.32. The van der Waals surface area contributed by atoms with Crippen molar-refractivity contribution in [1.82, 2.24) is 4.98 Å². The summed E-state index contributed by atoms with van der Waals surface area (Å²) in [5, 5.41) is 19.6. The van der Waals surface area contributed by atoms with Gasteiger partial charge >= 0.3 is 0 Å². The molecule has 0 fully saturated rings. The van der Waals surface area contributed by atoms with Crippen LogP contribution in [0.5, 0.6) is 11.5 Å². The Hall–Kier alpha value is -2.54. The topological polar surface area (TPSA) is 78.7 Å². The number of aromatic nitrogens is 1. The Labute approximate surface area is 144 Å². The smallest absolute Gasteiger partial charge is 0.146 e. The number of nitrogens with one attached hydrogen (secondary N) is 1. The van der Waals surface area contributed by atoms with Crippen LogP contribution < -0.4 is 14.4 Å². The molecule has 0 radical (unpaired) electrons. The molecule has 1 aliphatic heterocycles. The van der Waals surface area contributed by atoms with E-state index in [2.05, 4.69) is 4.98 Å².